The number of carbonyl (C=O) groups is 2. The van der Waals surface area contributed by atoms with Crippen molar-refractivity contribution in [3.63, 3.8) is 0 Å². The number of rotatable bonds is 2. The first-order valence-electron chi connectivity index (χ1n) is 5.30. The molecule has 0 saturated heterocycles. The van der Waals surface area contributed by atoms with Crippen molar-refractivity contribution in [3.8, 4) is 0 Å². The molecule has 0 amide bonds. The van der Waals surface area contributed by atoms with Gasteiger partial charge in [-0.1, -0.05) is 36.4 Å². The van der Waals surface area contributed by atoms with E-state index in [9.17, 15) is 9.59 Å². The smallest absolute Gasteiger partial charge is 0.242 e. The van der Waals surface area contributed by atoms with E-state index in [0.29, 0.717) is 11.1 Å². The summed E-state index contributed by atoms with van der Waals surface area (Å²) in [4.78, 5) is 31.9. The summed E-state index contributed by atoms with van der Waals surface area (Å²) in [7, 11) is 0. The van der Waals surface area contributed by atoms with Crippen LogP contribution in [0.2, 0.25) is 0 Å². The molecular weight excluding hydrogens is 255 g/mol. The summed E-state index contributed by atoms with van der Waals surface area (Å²) < 4.78 is 0. The molecule has 0 atom stereocenters. The number of benzene rings is 2. The Morgan fingerprint density at radius 2 is 0.947 bits per heavy atom. The molecule has 0 aliphatic heterocycles. The minimum absolute atomic E-state index is 0. The standard InChI is InChI=1S/C14H10O4.Na/c15-13(11-7-3-1-4-8-11)17-18-14(16)12-9-5-2-6-10-12;/h1-10H;. The molecule has 0 aliphatic rings. The van der Waals surface area contributed by atoms with E-state index >= 15 is 0 Å². The van der Waals surface area contributed by atoms with Gasteiger partial charge in [0.05, 0.1) is 11.1 Å². The van der Waals surface area contributed by atoms with E-state index in [1.165, 1.54) is 0 Å². The number of hydrogen-bond donors (Lipinski definition) is 0. The summed E-state index contributed by atoms with van der Waals surface area (Å²) in [6.07, 6.45) is 0. The summed E-state index contributed by atoms with van der Waals surface area (Å²) in [6.45, 7) is 0. The van der Waals surface area contributed by atoms with Gasteiger partial charge in [0.2, 0.25) is 0 Å². The summed E-state index contributed by atoms with van der Waals surface area (Å²) in [6, 6.07) is 16.6. The van der Waals surface area contributed by atoms with Gasteiger partial charge in [-0.25, -0.2) is 19.4 Å². The summed E-state index contributed by atoms with van der Waals surface area (Å²) in [5.41, 5.74) is 0.636. The van der Waals surface area contributed by atoms with Gasteiger partial charge in [-0.15, -0.1) is 0 Å². The molecule has 0 N–H and O–H groups in total. The molecule has 19 heavy (non-hydrogen) atoms. The maximum absolute atomic E-state index is 11.5. The van der Waals surface area contributed by atoms with Gasteiger partial charge in [-0.05, 0) is 24.3 Å². The van der Waals surface area contributed by atoms with Crippen molar-refractivity contribution in [2.75, 3.05) is 0 Å². The molecule has 2 aromatic rings. The Morgan fingerprint density at radius 1 is 0.632 bits per heavy atom. The third kappa shape index (κ3) is 4.52. The van der Waals surface area contributed by atoms with Gasteiger partial charge in [0, 0.05) is 29.6 Å². The van der Waals surface area contributed by atoms with Crippen LogP contribution < -0.4 is 0 Å². The third-order valence-electron chi connectivity index (χ3n) is 2.21. The van der Waals surface area contributed by atoms with Crippen LogP contribution in [0.25, 0.3) is 0 Å². The van der Waals surface area contributed by atoms with Crippen molar-refractivity contribution in [1.29, 1.82) is 0 Å². The first-order valence-corrected chi connectivity index (χ1v) is 5.30. The van der Waals surface area contributed by atoms with Gasteiger partial charge in [0.1, 0.15) is 0 Å². The quantitative estimate of drug-likeness (QED) is 0.474. The molecule has 5 heteroatoms. The van der Waals surface area contributed by atoms with Gasteiger partial charge in [-0.2, -0.15) is 0 Å². The molecule has 0 bridgehead atoms. The Morgan fingerprint density at radius 3 is 1.26 bits per heavy atom. The van der Waals surface area contributed by atoms with Gasteiger partial charge in [-0.3, -0.25) is 0 Å². The Labute approximate surface area is 132 Å². The molecule has 0 unspecified atom stereocenters. The van der Waals surface area contributed by atoms with Crippen LogP contribution in [-0.2, 0) is 9.78 Å². The number of hydrogen-bond acceptors (Lipinski definition) is 4. The maximum atomic E-state index is 11.5. The third-order valence-corrected chi connectivity index (χ3v) is 2.21. The minimum Gasteiger partial charge on any atom is -0.242 e. The normalized spacial score (nSPS) is 9.05. The predicted octanol–water partition coefficient (Wildman–Crippen LogP) is 2.23. The molecule has 0 heterocycles. The molecule has 0 aromatic heterocycles. The Balaban J connectivity index is 0.00000180. The van der Waals surface area contributed by atoms with Gasteiger partial charge in [0.15, 0.2) is 0 Å². The molecule has 0 saturated carbocycles. The molecule has 0 aliphatic carbocycles. The van der Waals surface area contributed by atoms with Crippen molar-refractivity contribution in [1.82, 2.24) is 0 Å². The Hall–Kier alpha value is -1.62. The predicted molar refractivity (Wildman–Crippen MR) is 69.5 cm³/mol. The van der Waals surface area contributed by atoms with E-state index in [-0.39, 0.29) is 29.6 Å². The minimum atomic E-state index is -0.708. The summed E-state index contributed by atoms with van der Waals surface area (Å²) >= 11 is 0. The molecular formula is C14H10NaO4. The molecule has 0 spiro atoms. The summed E-state index contributed by atoms with van der Waals surface area (Å²) in [5, 5.41) is 0. The average Bonchev–Trinajstić information content (AvgIpc) is 2.46. The van der Waals surface area contributed by atoms with Crippen LogP contribution in [0.5, 0.6) is 0 Å². The van der Waals surface area contributed by atoms with Crippen LogP contribution in [0.1, 0.15) is 20.7 Å². The van der Waals surface area contributed by atoms with Crippen LogP contribution >= 0.6 is 0 Å². The molecule has 91 valence electrons. The Bertz CT molecular complexity index is 488. The number of carbonyl (C=O) groups excluding carboxylic acids is 2. The second-order valence-corrected chi connectivity index (χ2v) is 3.47. The zero-order valence-electron chi connectivity index (χ0n) is 10.4. The zero-order chi connectivity index (χ0) is 12.8. The van der Waals surface area contributed by atoms with Gasteiger partial charge >= 0.3 is 11.9 Å². The largest absolute Gasteiger partial charge is 0.386 e. The molecule has 2 rings (SSSR count). The van der Waals surface area contributed by atoms with Crippen LogP contribution in [0, 0.1) is 0 Å². The van der Waals surface area contributed by atoms with Crippen molar-refractivity contribution in [2.45, 2.75) is 0 Å². The fraction of sp³-hybridized carbons (Fsp3) is 0. The first kappa shape index (κ1) is 15.4. The van der Waals surface area contributed by atoms with E-state index in [1.807, 2.05) is 0 Å². The molecule has 4 nitrogen and oxygen atoms in total. The van der Waals surface area contributed by atoms with Crippen molar-refractivity contribution >= 4 is 41.5 Å². The van der Waals surface area contributed by atoms with Gasteiger partial charge < -0.3 is 0 Å². The van der Waals surface area contributed by atoms with E-state index in [4.69, 9.17) is 0 Å². The zero-order valence-corrected chi connectivity index (χ0v) is 12.4. The van der Waals surface area contributed by atoms with E-state index in [1.54, 1.807) is 60.7 Å². The van der Waals surface area contributed by atoms with Gasteiger partial charge in [0.25, 0.3) is 0 Å². The molecule has 0 fully saturated rings. The monoisotopic (exact) mass is 265 g/mol. The SMILES string of the molecule is O=C(OOC(=O)c1ccccc1)c1ccccc1.[Na]. The second kappa shape index (κ2) is 7.74. The fourth-order valence-corrected chi connectivity index (χ4v) is 1.32. The van der Waals surface area contributed by atoms with Crippen molar-refractivity contribution in [3.05, 3.63) is 71.8 Å². The van der Waals surface area contributed by atoms with Crippen LogP contribution in [0.4, 0.5) is 0 Å². The van der Waals surface area contributed by atoms with Crippen molar-refractivity contribution in [2.24, 2.45) is 0 Å². The topological polar surface area (TPSA) is 52.6 Å². The fourth-order valence-electron chi connectivity index (χ4n) is 1.32. The van der Waals surface area contributed by atoms with Crippen LogP contribution in [0.3, 0.4) is 0 Å². The van der Waals surface area contributed by atoms with Crippen LogP contribution in [0.15, 0.2) is 60.7 Å². The van der Waals surface area contributed by atoms with E-state index in [2.05, 4.69) is 9.78 Å². The molecule has 2 aromatic carbocycles. The van der Waals surface area contributed by atoms with Crippen molar-refractivity contribution < 1.29 is 19.4 Å². The first-order chi connectivity index (χ1) is 8.77. The van der Waals surface area contributed by atoms with Crippen LogP contribution in [-0.4, -0.2) is 41.5 Å². The van der Waals surface area contributed by atoms with E-state index < -0.39 is 11.9 Å². The Kier molecular flexibility index (Phi) is 6.29. The molecule has 1 radical (unpaired) electrons. The average molecular weight is 265 g/mol. The summed E-state index contributed by atoms with van der Waals surface area (Å²) in [5.74, 6) is -1.42. The van der Waals surface area contributed by atoms with E-state index in [0.717, 1.165) is 0 Å². The second-order valence-electron chi connectivity index (χ2n) is 3.47. The maximum Gasteiger partial charge on any atom is 0.386 e.